The van der Waals surface area contributed by atoms with Crippen molar-refractivity contribution in [1.82, 2.24) is 5.32 Å². The van der Waals surface area contributed by atoms with E-state index in [9.17, 15) is 4.79 Å². The Balaban J connectivity index is 1.63. The average Bonchev–Trinajstić information content (AvgIpc) is 2.93. The van der Waals surface area contributed by atoms with E-state index < -0.39 is 0 Å². The summed E-state index contributed by atoms with van der Waals surface area (Å²) in [6.07, 6.45) is 3.85. The van der Waals surface area contributed by atoms with Crippen molar-refractivity contribution >= 4 is 17.3 Å². The van der Waals surface area contributed by atoms with Crippen LogP contribution in [0.5, 0.6) is 0 Å². The molecule has 1 N–H and O–H groups in total. The maximum atomic E-state index is 11.8. The number of rotatable bonds is 6. The monoisotopic (exact) mass is 281 g/mol. The van der Waals surface area contributed by atoms with Crippen molar-refractivity contribution in [3.8, 4) is 0 Å². The van der Waals surface area contributed by atoms with Crippen molar-refractivity contribution in [3.63, 3.8) is 0 Å². The molecule has 2 atom stereocenters. The second-order valence-electron chi connectivity index (χ2n) is 5.34. The van der Waals surface area contributed by atoms with Gasteiger partial charge >= 0.3 is 5.97 Å². The summed E-state index contributed by atoms with van der Waals surface area (Å²) in [5.41, 5.74) is 0. The Kier molecular flexibility index (Phi) is 5.86. The van der Waals surface area contributed by atoms with Crippen LogP contribution >= 0.6 is 11.3 Å². The number of esters is 1. The number of piperidine rings is 1. The van der Waals surface area contributed by atoms with E-state index in [4.69, 9.17) is 4.74 Å². The maximum absolute atomic E-state index is 11.8. The Bertz CT molecular complexity index is 372. The molecule has 2 unspecified atom stereocenters. The molecule has 1 aliphatic rings. The predicted octanol–water partition coefficient (Wildman–Crippen LogP) is 2.86. The van der Waals surface area contributed by atoms with Crippen LogP contribution in [0, 0.1) is 11.8 Å². The standard InChI is InChI=1S/C15H23NO2S/c1-12(13-4-2-7-16-11-13)10-15(17)18-8-6-14-5-3-9-19-14/h3,5,9,12-13,16H,2,4,6-8,10-11H2,1H3. The summed E-state index contributed by atoms with van der Waals surface area (Å²) in [6, 6.07) is 4.11. The molecule has 1 fully saturated rings. The number of carbonyl (C=O) groups is 1. The van der Waals surface area contributed by atoms with Crippen LogP contribution < -0.4 is 5.32 Å². The molecule has 2 heterocycles. The van der Waals surface area contributed by atoms with Gasteiger partial charge in [-0.25, -0.2) is 0 Å². The molecule has 1 aromatic heterocycles. The molecule has 1 saturated heterocycles. The van der Waals surface area contributed by atoms with Crippen LogP contribution in [0.4, 0.5) is 0 Å². The highest BCUT2D eigenvalue weighted by atomic mass is 32.1. The first-order valence-electron chi connectivity index (χ1n) is 7.14. The minimum Gasteiger partial charge on any atom is -0.465 e. The van der Waals surface area contributed by atoms with Gasteiger partial charge in [-0.15, -0.1) is 11.3 Å². The van der Waals surface area contributed by atoms with E-state index in [1.807, 2.05) is 6.07 Å². The first-order chi connectivity index (χ1) is 9.25. The molecule has 0 amide bonds. The molecular weight excluding hydrogens is 258 g/mol. The molecule has 0 aliphatic carbocycles. The summed E-state index contributed by atoms with van der Waals surface area (Å²) in [7, 11) is 0. The summed E-state index contributed by atoms with van der Waals surface area (Å²) >= 11 is 1.71. The molecule has 0 spiro atoms. The van der Waals surface area contributed by atoms with Crippen molar-refractivity contribution in [3.05, 3.63) is 22.4 Å². The largest absolute Gasteiger partial charge is 0.465 e. The summed E-state index contributed by atoms with van der Waals surface area (Å²) < 4.78 is 5.32. The van der Waals surface area contributed by atoms with E-state index in [0.29, 0.717) is 24.9 Å². The topological polar surface area (TPSA) is 38.3 Å². The zero-order valence-corrected chi connectivity index (χ0v) is 12.4. The molecule has 0 bridgehead atoms. The first-order valence-corrected chi connectivity index (χ1v) is 8.02. The lowest BCUT2D eigenvalue weighted by Crippen LogP contribution is -2.34. The molecule has 3 nitrogen and oxygen atoms in total. The van der Waals surface area contributed by atoms with Gasteiger partial charge in [0.05, 0.1) is 6.61 Å². The second-order valence-corrected chi connectivity index (χ2v) is 6.37. The maximum Gasteiger partial charge on any atom is 0.306 e. The van der Waals surface area contributed by atoms with Gasteiger partial charge in [-0.2, -0.15) is 0 Å². The molecule has 0 aromatic carbocycles. The molecule has 19 heavy (non-hydrogen) atoms. The minimum atomic E-state index is -0.0466. The van der Waals surface area contributed by atoms with Crippen LogP contribution in [-0.2, 0) is 16.0 Å². The van der Waals surface area contributed by atoms with Gasteiger partial charge in [-0.1, -0.05) is 13.0 Å². The fourth-order valence-electron chi connectivity index (χ4n) is 2.57. The Morgan fingerprint density at radius 3 is 3.21 bits per heavy atom. The summed E-state index contributed by atoms with van der Waals surface area (Å²) in [5.74, 6) is 0.996. The van der Waals surface area contributed by atoms with E-state index in [1.165, 1.54) is 17.7 Å². The number of carbonyl (C=O) groups excluding carboxylic acids is 1. The lowest BCUT2D eigenvalue weighted by molar-refractivity contribution is -0.145. The third kappa shape index (κ3) is 4.96. The quantitative estimate of drug-likeness (QED) is 0.815. The Labute approximate surface area is 119 Å². The SMILES string of the molecule is CC(CC(=O)OCCc1cccs1)C1CCCNC1. The number of nitrogens with one attached hydrogen (secondary N) is 1. The molecule has 0 saturated carbocycles. The van der Waals surface area contributed by atoms with Crippen molar-refractivity contribution < 1.29 is 9.53 Å². The van der Waals surface area contributed by atoms with Crippen LogP contribution in [0.1, 0.15) is 31.1 Å². The van der Waals surface area contributed by atoms with E-state index in [1.54, 1.807) is 11.3 Å². The zero-order valence-electron chi connectivity index (χ0n) is 11.6. The highest BCUT2D eigenvalue weighted by Gasteiger charge is 2.22. The lowest BCUT2D eigenvalue weighted by atomic mass is 9.85. The van der Waals surface area contributed by atoms with Crippen molar-refractivity contribution in [2.24, 2.45) is 11.8 Å². The van der Waals surface area contributed by atoms with Gasteiger partial charge in [0.25, 0.3) is 0 Å². The van der Waals surface area contributed by atoms with Gasteiger partial charge in [0.2, 0.25) is 0 Å². The number of hydrogen-bond acceptors (Lipinski definition) is 4. The molecule has 4 heteroatoms. The molecule has 2 rings (SSSR count). The van der Waals surface area contributed by atoms with E-state index in [-0.39, 0.29) is 5.97 Å². The van der Waals surface area contributed by atoms with Gasteiger partial charge in [-0.3, -0.25) is 4.79 Å². The molecule has 0 radical (unpaired) electrons. The van der Waals surface area contributed by atoms with Crippen LogP contribution in [-0.4, -0.2) is 25.7 Å². The van der Waals surface area contributed by atoms with E-state index in [2.05, 4.69) is 23.7 Å². The lowest BCUT2D eigenvalue weighted by Gasteiger charge is -2.27. The number of thiophene rings is 1. The highest BCUT2D eigenvalue weighted by Crippen LogP contribution is 2.22. The molecule has 1 aromatic rings. The Morgan fingerprint density at radius 2 is 2.53 bits per heavy atom. The fraction of sp³-hybridized carbons (Fsp3) is 0.667. The Morgan fingerprint density at radius 1 is 1.63 bits per heavy atom. The Hall–Kier alpha value is -0.870. The van der Waals surface area contributed by atoms with Crippen molar-refractivity contribution in [2.45, 2.75) is 32.6 Å². The van der Waals surface area contributed by atoms with Gasteiger partial charge in [-0.05, 0) is 49.2 Å². The highest BCUT2D eigenvalue weighted by molar-refractivity contribution is 7.09. The van der Waals surface area contributed by atoms with Crippen molar-refractivity contribution in [2.75, 3.05) is 19.7 Å². The molecular formula is C15H23NO2S. The van der Waals surface area contributed by atoms with E-state index >= 15 is 0 Å². The van der Waals surface area contributed by atoms with Gasteiger partial charge < -0.3 is 10.1 Å². The van der Waals surface area contributed by atoms with Gasteiger partial charge in [0, 0.05) is 17.7 Å². The smallest absolute Gasteiger partial charge is 0.306 e. The minimum absolute atomic E-state index is 0.0466. The summed E-state index contributed by atoms with van der Waals surface area (Å²) in [5, 5.41) is 5.45. The van der Waals surface area contributed by atoms with Crippen molar-refractivity contribution in [1.29, 1.82) is 0 Å². The molecule has 106 valence electrons. The van der Waals surface area contributed by atoms with E-state index in [0.717, 1.165) is 19.5 Å². The molecule has 1 aliphatic heterocycles. The third-order valence-electron chi connectivity index (χ3n) is 3.82. The van der Waals surface area contributed by atoms with Crippen LogP contribution in [0.2, 0.25) is 0 Å². The predicted molar refractivity (Wildman–Crippen MR) is 78.4 cm³/mol. The second kappa shape index (κ2) is 7.65. The number of hydrogen-bond donors (Lipinski definition) is 1. The first kappa shape index (κ1) is 14.5. The summed E-state index contributed by atoms with van der Waals surface area (Å²) in [6.45, 7) is 4.84. The van der Waals surface area contributed by atoms with Crippen LogP contribution in [0.3, 0.4) is 0 Å². The normalized spacial score (nSPS) is 21.0. The third-order valence-corrected chi connectivity index (χ3v) is 4.76. The van der Waals surface area contributed by atoms with Gasteiger partial charge in [0.15, 0.2) is 0 Å². The average molecular weight is 281 g/mol. The fourth-order valence-corrected chi connectivity index (χ4v) is 3.26. The van der Waals surface area contributed by atoms with Gasteiger partial charge in [0.1, 0.15) is 0 Å². The summed E-state index contributed by atoms with van der Waals surface area (Å²) in [4.78, 5) is 13.1. The number of ether oxygens (including phenoxy) is 1. The van der Waals surface area contributed by atoms with Crippen LogP contribution in [0.15, 0.2) is 17.5 Å². The zero-order chi connectivity index (χ0) is 13.5. The van der Waals surface area contributed by atoms with Crippen LogP contribution in [0.25, 0.3) is 0 Å².